The Hall–Kier alpha value is -2.57. The third-order valence-electron chi connectivity index (χ3n) is 4.55. The van der Waals surface area contributed by atoms with E-state index in [1.54, 1.807) is 7.11 Å². The highest BCUT2D eigenvalue weighted by Gasteiger charge is 2.50. The van der Waals surface area contributed by atoms with Crippen LogP contribution in [0.4, 0.5) is 4.79 Å². The fourth-order valence-electron chi connectivity index (χ4n) is 3.28. The summed E-state index contributed by atoms with van der Waals surface area (Å²) in [6.45, 7) is 4.00. The first kappa shape index (κ1) is 19.8. The van der Waals surface area contributed by atoms with E-state index >= 15 is 0 Å². The van der Waals surface area contributed by atoms with Crippen molar-refractivity contribution in [3.63, 3.8) is 0 Å². The summed E-state index contributed by atoms with van der Waals surface area (Å²) in [5.41, 5.74) is 0.0410. The third kappa shape index (κ3) is 4.33. The second-order valence-electron chi connectivity index (χ2n) is 6.53. The van der Waals surface area contributed by atoms with E-state index in [0.717, 1.165) is 29.1 Å². The maximum atomic E-state index is 12.7. The van der Waals surface area contributed by atoms with E-state index in [1.165, 1.54) is 0 Å². The fraction of sp³-hybridized carbons (Fsp3) is 0.526. The molecule has 142 valence electrons. The van der Waals surface area contributed by atoms with Gasteiger partial charge in [0.05, 0.1) is 7.11 Å². The van der Waals surface area contributed by atoms with Crippen LogP contribution in [0.3, 0.4) is 0 Å². The minimum Gasteiger partial charge on any atom is -0.497 e. The highest BCUT2D eigenvalue weighted by atomic mass is 16.5. The molecule has 1 aliphatic rings. The van der Waals surface area contributed by atoms with E-state index in [1.807, 2.05) is 38.1 Å². The number of methoxy groups -OCH3 is 1. The molecule has 0 aliphatic carbocycles. The van der Waals surface area contributed by atoms with E-state index in [-0.39, 0.29) is 18.4 Å². The van der Waals surface area contributed by atoms with Crippen LogP contribution in [-0.2, 0) is 16.1 Å². The average molecular weight is 361 g/mol. The van der Waals surface area contributed by atoms with Gasteiger partial charge < -0.3 is 15.4 Å². The number of carbonyl (C=O) groups is 3. The molecule has 2 N–H and O–H groups in total. The molecule has 7 heteroatoms. The minimum absolute atomic E-state index is 0.268. The molecule has 0 aromatic heterocycles. The molecule has 0 atom stereocenters. The van der Waals surface area contributed by atoms with Gasteiger partial charge >= 0.3 is 6.03 Å². The van der Waals surface area contributed by atoms with Crippen LogP contribution in [0.5, 0.6) is 5.75 Å². The van der Waals surface area contributed by atoms with Crippen molar-refractivity contribution in [2.24, 2.45) is 0 Å². The van der Waals surface area contributed by atoms with Gasteiger partial charge in [-0.1, -0.05) is 38.8 Å². The number of rotatable bonds is 9. The molecule has 4 amide bonds. The predicted molar refractivity (Wildman–Crippen MR) is 97.6 cm³/mol. The van der Waals surface area contributed by atoms with Crippen LogP contribution < -0.4 is 15.4 Å². The first-order valence-corrected chi connectivity index (χ1v) is 8.99. The summed E-state index contributed by atoms with van der Waals surface area (Å²) in [6.07, 6.45) is 2.72. The summed E-state index contributed by atoms with van der Waals surface area (Å²) in [4.78, 5) is 38.2. The van der Waals surface area contributed by atoms with E-state index in [0.29, 0.717) is 19.4 Å². The van der Waals surface area contributed by atoms with Crippen LogP contribution >= 0.6 is 0 Å². The number of nitrogens with one attached hydrogen (secondary N) is 2. The number of hydrogen-bond donors (Lipinski definition) is 2. The van der Waals surface area contributed by atoms with Crippen molar-refractivity contribution in [1.29, 1.82) is 0 Å². The largest absolute Gasteiger partial charge is 0.497 e. The lowest BCUT2D eigenvalue weighted by Crippen LogP contribution is -2.47. The molecule has 0 spiro atoms. The van der Waals surface area contributed by atoms with Gasteiger partial charge in [-0.25, -0.2) is 4.79 Å². The molecule has 1 saturated heterocycles. The first-order chi connectivity index (χ1) is 12.5. The molecule has 0 saturated carbocycles. The number of imide groups is 1. The number of carbonyl (C=O) groups excluding carboxylic acids is 3. The van der Waals surface area contributed by atoms with Gasteiger partial charge in [0.25, 0.3) is 5.91 Å². The van der Waals surface area contributed by atoms with E-state index in [4.69, 9.17) is 4.74 Å². The Morgan fingerprint density at radius 2 is 1.77 bits per heavy atom. The van der Waals surface area contributed by atoms with Gasteiger partial charge in [-0.15, -0.1) is 0 Å². The lowest BCUT2D eigenvalue weighted by atomic mass is 9.88. The lowest BCUT2D eigenvalue weighted by Gasteiger charge is -2.25. The van der Waals surface area contributed by atoms with Gasteiger partial charge in [0.2, 0.25) is 5.91 Å². The van der Waals surface area contributed by atoms with E-state index in [9.17, 15) is 14.4 Å². The summed E-state index contributed by atoms with van der Waals surface area (Å²) >= 11 is 0. The zero-order valence-electron chi connectivity index (χ0n) is 15.6. The SMILES string of the molecule is CCCC1(CCC)NC(=O)N(CC(=O)NCc2ccc(OC)cc2)C1=O. The average Bonchev–Trinajstić information content (AvgIpc) is 2.85. The van der Waals surface area contributed by atoms with Gasteiger partial charge in [-0.3, -0.25) is 14.5 Å². The van der Waals surface area contributed by atoms with Gasteiger partial charge in [0, 0.05) is 6.54 Å². The molecule has 1 aromatic rings. The quantitative estimate of drug-likeness (QED) is 0.660. The normalized spacial score (nSPS) is 15.7. The molecule has 1 aromatic carbocycles. The van der Waals surface area contributed by atoms with Gasteiger partial charge in [-0.2, -0.15) is 0 Å². The van der Waals surface area contributed by atoms with Crippen LogP contribution in [0.1, 0.15) is 45.1 Å². The maximum Gasteiger partial charge on any atom is 0.325 e. The van der Waals surface area contributed by atoms with Crippen LogP contribution in [-0.4, -0.2) is 41.9 Å². The van der Waals surface area contributed by atoms with E-state index < -0.39 is 11.6 Å². The standard InChI is InChI=1S/C19H27N3O4/c1-4-10-19(11-5-2)17(24)22(18(25)21-19)13-16(23)20-12-14-6-8-15(26-3)9-7-14/h6-9H,4-5,10-13H2,1-3H3,(H,20,23)(H,21,25). The Kier molecular flexibility index (Phi) is 6.60. The summed E-state index contributed by atoms with van der Waals surface area (Å²) < 4.78 is 5.09. The maximum absolute atomic E-state index is 12.7. The third-order valence-corrected chi connectivity index (χ3v) is 4.55. The molecule has 0 unspecified atom stereocenters. The highest BCUT2D eigenvalue weighted by molar-refractivity contribution is 6.09. The van der Waals surface area contributed by atoms with Crippen LogP contribution in [0.2, 0.25) is 0 Å². The molecule has 0 radical (unpaired) electrons. The monoisotopic (exact) mass is 361 g/mol. The summed E-state index contributed by atoms with van der Waals surface area (Å²) in [5, 5.41) is 5.55. The topological polar surface area (TPSA) is 87.7 Å². The summed E-state index contributed by atoms with van der Waals surface area (Å²) in [6, 6.07) is 6.82. The van der Waals surface area contributed by atoms with Gasteiger partial charge in [0.1, 0.15) is 17.8 Å². The number of amides is 4. The Bertz CT molecular complexity index is 651. The Labute approximate surface area is 154 Å². The number of hydrogen-bond acceptors (Lipinski definition) is 4. The molecule has 0 bridgehead atoms. The van der Waals surface area contributed by atoms with Crippen LogP contribution in [0, 0.1) is 0 Å². The Morgan fingerprint density at radius 1 is 1.15 bits per heavy atom. The number of ether oxygens (including phenoxy) is 1. The van der Waals surface area contributed by atoms with Crippen molar-refractivity contribution >= 4 is 17.8 Å². The van der Waals surface area contributed by atoms with Crippen molar-refractivity contribution in [3.05, 3.63) is 29.8 Å². The molecular formula is C19H27N3O4. The van der Waals surface area contributed by atoms with Gasteiger partial charge in [-0.05, 0) is 30.5 Å². The lowest BCUT2D eigenvalue weighted by molar-refractivity contribution is -0.135. The zero-order chi connectivity index (χ0) is 19.2. The van der Waals surface area contributed by atoms with Crippen molar-refractivity contribution in [3.8, 4) is 5.75 Å². The van der Waals surface area contributed by atoms with Crippen molar-refractivity contribution in [2.45, 2.75) is 51.6 Å². The molecule has 1 aliphatic heterocycles. The van der Waals surface area contributed by atoms with Crippen molar-refractivity contribution in [2.75, 3.05) is 13.7 Å². The van der Waals surface area contributed by atoms with Crippen molar-refractivity contribution in [1.82, 2.24) is 15.5 Å². The predicted octanol–water partition coefficient (Wildman–Crippen LogP) is 2.20. The molecule has 1 heterocycles. The number of nitrogens with zero attached hydrogens (tertiary/aromatic N) is 1. The molecule has 7 nitrogen and oxygen atoms in total. The number of urea groups is 1. The minimum atomic E-state index is -0.864. The fourth-order valence-corrected chi connectivity index (χ4v) is 3.28. The summed E-state index contributed by atoms with van der Waals surface area (Å²) in [7, 11) is 1.59. The van der Waals surface area contributed by atoms with E-state index in [2.05, 4.69) is 10.6 Å². The second kappa shape index (κ2) is 8.69. The van der Waals surface area contributed by atoms with Crippen molar-refractivity contribution < 1.29 is 19.1 Å². The van der Waals surface area contributed by atoms with Crippen LogP contribution in [0.25, 0.3) is 0 Å². The smallest absolute Gasteiger partial charge is 0.325 e. The van der Waals surface area contributed by atoms with Gasteiger partial charge in [0.15, 0.2) is 0 Å². The second-order valence-corrected chi connectivity index (χ2v) is 6.53. The molecule has 26 heavy (non-hydrogen) atoms. The first-order valence-electron chi connectivity index (χ1n) is 8.99. The summed E-state index contributed by atoms with van der Waals surface area (Å²) in [5.74, 6) is 0.0708. The Balaban J connectivity index is 1.95. The highest BCUT2D eigenvalue weighted by Crippen LogP contribution is 2.27. The molecular weight excluding hydrogens is 334 g/mol. The molecule has 2 rings (SSSR count). The Morgan fingerprint density at radius 3 is 2.31 bits per heavy atom. The molecule has 1 fully saturated rings. The number of benzene rings is 1. The van der Waals surface area contributed by atoms with Crippen LogP contribution in [0.15, 0.2) is 24.3 Å². The zero-order valence-corrected chi connectivity index (χ0v) is 15.6.